The molecular weight excluding hydrogens is 338 g/mol. The van der Waals surface area contributed by atoms with Gasteiger partial charge in [-0.05, 0) is 61.3 Å². The summed E-state index contributed by atoms with van der Waals surface area (Å²) in [6.07, 6.45) is 5.05. The molecule has 0 aromatic heterocycles. The summed E-state index contributed by atoms with van der Waals surface area (Å²) in [4.78, 5) is 29.1. The molecular formula is C22H33N3O2. The Bertz CT molecular complexity index is 691. The zero-order valence-corrected chi connectivity index (χ0v) is 17.1. The van der Waals surface area contributed by atoms with Crippen LogP contribution >= 0.6 is 0 Å². The van der Waals surface area contributed by atoms with Crippen LogP contribution in [0.2, 0.25) is 0 Å². The van der Waals surface area contributed by atoms with E-state index in [2.05, 4.69) is 15.1 Å². The van der Waals surface area contributed by atoms with Gasteiger partial charge in [0.15, 0.2) is 0 Å². The van der Waals surface area contributed by atoms with Crippen molar-refractivity contribution in [3.8, 4) is 0 Å². The van der Waals surface area contributed by atoms with Crippen LogP contribution in [0.5, 0.6) is 0 Å². The molecule has 0 bridgehead atoms. The number of nitrogens with one attached hydrogen (secondary N) is 1. The average Bonchev–Trinajstić information content (AvgIpc) is 3.46. The smallest absolute Gasteiger partial charge is 0.225 e. The second-order valence-electron chi connectivity index (χ2n) is 8.82. The maximum Gasteiger partial charge on any atom is 0.225 e. The molecule has 0 spiro atoms. The van der Waals surface area contributed by atoms with E-state index in [-0.39, 0.29) is 11.8 Å². The highest BCUT2D eigenvalue weighted by atomic mass is 16.2. The predicted molar refractivity (Wildman–Crippen MR) is 110 cm³/mol. The number of hydrogen-bond donors (Lipinski definition) is 1. The summed E-state index contributed by atoms with van der Waals surface area (Å²) in [5.41, 5.74) is 3.00. The Kier molecular flexibility index (Phi) is 6.08. The molecule has 0 saturated heterocycles. The molecule has 1 aromatic carbocycles. The molecule has 5 heteroatoms. The number of nitrogens with zero attached hydrogens (tertiary/aromatic N) is 2. The van der Waals surface area contributed by atoms with Gasteiger partial charge in [0.1, 0.15) is 0 Å². The number of benzene rings is 1. The molecule has 0 atom stereocenters. The van der Waals surface area contributed by atoms with Crippen LogP contribution in [0.3, 0.4) is 0 Å². The number of carbonyl (C=O) groups is 2. The van der Waals surface area contributed by atoms with Crippen molar-refractivity contribution in [1.29, 1.82) is 0 Å². The van der Waals surface area contributed by atoms with E-state index in [9.17, 15) is 9.59 Å². The highest BCUT2D eigenvalue weighted by Gasteiger charge is 2.36. The van der Waals surface area contributed by atoms with Gasteiger partial charge in [0.2, 0.25) is 11.8 Å². The minimum Gasteiger partial charge on any atom is -0.377 e. The third-order valence-electron chi connectivity index (χ3n) is 5.21. The number of rotatable bonds is 9. The number of carbonyl (C=O) groups excluding carboxylic acids is 2. The molecule has 2 aliphatic carbocycles. The topological polar surface area (TPSA) is 52.7 Å². The molecule has 2 fully saturated rings. The second-order valence-corrected chi connectivity index (χ2v) is 8.82. The Hall–Kier alpha value is -2.04. The van der Waals surface area contributed by atoms with Gasteiger partial charge in [-0.2, -0.15) is 0 Å². The summed E-state index contributed by atoms with van der Waals surface area (Å²) in [5.74, 6) is 1.58. The Balaban J connectivity index is 1.78. The Morgan fingerprint density at radius 2 is 1.85 bits per heavy atom. The number of anilines is 2. The zero-order valence-electron chi connectivity index (χ0n) is 17.1. The van der Waals surface area contributed by atoms with E-state index in [1.165, 1.54) is 12.8 Å². The fraction of sp³-hybridized carbons (Fsp3) is 0.636. The van der Waals surface area contributed by atoms with Crippen LogP contribution < -0.4 is 10.2 Å². The van der Waals surface area contributed by atoms with E-state index in [0.717, 1.165) is 36.3 Å². The summed E-state index contributed by atoms with van der Waals surface area (Å²) < 4.78 is 0. The zero-order chi connectivity index (χ0) is 19.6. The lowest BCUT2D eigenvalue weighted by Crippen LogP contribution is -2.34. The van der Waals surface area contributed by atoms with Gasteiger partial charge in [0, 0.05) is 50.9 Å². The molecule has 1 N–H and O–H groups in total. The van der Waals surface area contributed by atoms with Crippen molar-refractivity contribution in [3.63, 3.8) is 0 Å². The molecule has 5 nitrogen and oxygen atoms in total. The normalized spacial score (nSPS) is 16.3. The van der Waals surface area contributed by atoms with E-state index >= 15 is 0 Å². The lowest BCUT2D eigenvalue weighted by atomic mass is 10.1. The summed E-state index contributed by atoms with van der Waals surface area (Å²) in [6.45, 7) is 5.57. The second kappa shape index (κ2) is 8.32. The minimum absolute atomic E-state index is 0.0393. The first-order chi connectivity index (χ1) is 12.8. The minimum atomic E-state index is 0.0393. The summed E-state index contributed by atoms with van der Waals surface area (Å²) in [7, 11) is 4.04. The third kappa shape index (κ3) is 5.72. The van der Waals surface area contributed by atoms with Gasteiger partial charge >= 0.3 is 0 Å². The lowest BCUT2D eigenvalue weighted by Gasteiger charge is -2.26. The van der Waals surface area contributed by atoms with E-state index in [0.29, 0.717) is 30.7 Å². The van der Waals surface area contributed by atoms with Crippen molar-refractivity contribution < 1.29 is 9.59 Å². The highest BCUT2D eigenvalue weighted by Crippen LogP contribution is 2.36. The van der Waals surface area contributed by atoms with Crippen LogP contribution in [0.4, 0.5) is 11.4 Å². The lowest BCUT2D eigenvalue weighted by molar-refractivity contribution is -0.133. The van der Waals surface area contributed by atoms with Crippen molar-refractivity contribution in [2.45, 2.75) is 52.5 Å². The molecule has 2 saturated carbocycles. The SMILES string of the molecule is CC(C)CC(=O)Nc1ccc(N(C)C)c(CN(CC2CC2)C(=O)C2CC2)c1. The fourth-order valence-corrected chi connectivity index (χ4v) is 3.45. The van der Waals surface area contributed by atoms with Crippen molar-refractivity contribution in [3.05, 3.63) is 23.8 Å². The Labute approximate surface area is 163 Å². The fourth-order valence-electron chi connectivity index (χ4n) is 3.45. The van der Waals surface area contributed by atoms with E-state index in [1.54, 1.807) is 0 Å². The van der Waals surface area contributed by atoms with Gasteiger partial charge in [0.25, 0.3) is 0 Å². The largest absolute Gasteiger partial charge is 0.377 e. The molecule has 3 rings (SSSR count). The molecule has 148 valence electrons. The molecule has 0 heterocycles. The van der Waals surface area contributed by atoms with Crippen LogP contribution in [0.1, 0.15) is 51.5 Å². The van der Waals surface area contributed by atoms with Gasteiger partial charge < -0.3 is 15.1 Å². The Morgan fingerprint density at radius 3 is 2.41 bits per heavy atom. The van der Waals surface area contributed by atoms with E-state index in [4.69, 9.17) is 0 Å². The van der Waals surface area contributed by atoms with Crippen molar-refractivity contribution in [2.75, 3.05) is 30.9 Å². The first kappa shape index (κ1) is 19.7. The molecule has 1 aromatic rings. The van der Waals surface area contributed by atoms with Crippen molar-refractivity contribution in [1.82, 2.24) is 4.90 Å². The van der Waals surface area contributed by atoms with Gasteiger partial charge in [-0.3, -0.25) is 9.59 Å². The van der Waals surface area contributed by atoms with E-state index < -0.39 is 0 Å². The maximum absolute atomic E-state index is 12.8. The maximum atomic E-state index is 12.8. The van der Waals surface area contributed by atoms with Crippen molar-refractivity contribution >= 4 is 23.2 Å². The average molecular weight is 372 g/mol. The molecule has 0 unspecified atom stereocenters. The van der Waals surface area contributed by atoms with Crippen LogP contribution in [0.15, 0.2) is 18.2 Å². The molecule has 27 heavy (non-hydrogen) atoms. The predicted octanol–water partition coefficient (Wildman–Crippen LogP) is 3.89. The van der Waals surface area contributed by atoms with Crippen molar-refractivity contribution in [2.24, 2.45) is 17.8 Å². The standard InChI is InChI=1S/C22H33N3O2/c1-15(2)11-21(26)23-19-9-10-20(24(3)4)18(12-19)14-25(13-16-5-6-16)22(27)17-7-8-17/h9-10,12,15-17H,5-8,11,13-14H2,1-4H3,(H,23,26). The monoisotopic (exact) mass is 371 g/mol. The van der Waals surface area contributed by atoms with Gasteiger partial charge in [-0.25, -0.2) is 0 Å². The van der Waals surface area contributed by atoms with Gasteiger partial charge in [0.05, 0.1) is 0 Å². The molecule has 0 aliphatic heterocycles. The quantitative estimate of drug-likeness (QED) is 0.716. The molecule has 0 radical (unpaired) electrons. The van der Waals surface area contributed by atoms with Gasteiger partial charge in [-0.15, -0.1) is 0 Å². The Morgan fingerprint density at radius 1 is 1.15 bits per heavy atom. The third-order valence-corrected chi connectivity index (χ3v) is 5.21. The van der Waals surface area contributed by atoms with Crippen LogP contribution in [0, 0.1) is 17.8 Å². The highest BCUT2D eigenvalue weighted by molar-refractivity contribution is 5.91. The number of hydrogen-bond acceptors (Lipinski definition) is 3. The summed E-state index contributed by atoms with van der Waals surface area (Å²) in [6, 6.07) is 6.02. The molecule has 2 amide bonds. The molecule has 2 aliphatic rings. The van der Waals surface area contributed by atoms with Crippen LogP contribution in [0.25, 0.3) is 0 Å². The first-order valence-electron chi connectivity index (χ1n) is 10.2. The first-order valence-corrected chi connectivity index (χ1v) is 10.2. The number of amides is 2. The summed E-state index contributed by atoms with van der Waals surface area (Å²) in [5, 5.41) is 3.01. The van der Waals surface area contributed by atoms with Crippen LogP contribution in [-0.4, -0.2) is 37.4 Å². The van der Waals surface area contributed by atoms with Gasteiger partial charge in [-0.1, -0.05) is 13.8 Å². The van der Waals surface area contributed by atoms with E-state index in [1.807, 2.05) is 46.1 Å². The van der Waals surface area contributed by atoms with Crippen LogP contribution in [-0.2, 0) is 16.1 Å². The summed E-state index contributed by atoms with van der Waals surface area (Å²) >= 11 is 0.